The second-order valence-electron chi connectivity index (χ2n) is 4.82. The highest BCUT2D eigenvalue weighted by Gasteiger charge is 2.22. The number of hydrogen-bond acceptors (Lipinski definition) is 4. The molecule has 3 N–H and O–H groups in total. The molecule has 0 atom stereocenters. The van der Waals surface area contributed by atoms with Gasteiger partial charge in [-0.3, -0.25) is 0 Å². The molecule has 1 aliphatic heterocycles. The summed E-state index contributed by atoms with van der Waals surface area (Å²) >= 11 is 0. The molecule has 0 spiro atoms. The fourth-order valence-electron chi connectivity index (χ4n) is 2.20. The molecular formula is C13H19N3O4S. The van der Waals surface area contributed by atoms with Crippen molar-refractivity contribution in [3.63, 3.8) is 0 Å². The van der Waals surface area contributed by atoms with Gasteiger partial charge in [-0.05, 0) is 31.3 Å². The number of carbonyl (C=O) groups is 1. The second-order valence-corrected chi connectivity index (χ2v) is 6.71. The average Bonchev–Trinajstić information content (AvgIpc) is 2.48. The van der Waals surface area contributed by atoms with Crippen LogP contribution in [0, 0.1) is 0 Å². The number of likely N-dealkylation sites (tertiary alicyclic amines) is 1. The van der Waals surface area contributed by atoms with E-state index in [-0.39, 0.29) is 11.0 Å². The number of nitrogens with two attached hydrogens (primary N) is 1. The van der Waals surface area contributed by atoms with Crippen molar-refractivity contribution in [2.45, 2.75) is 23.8 Å². The maximum absolute atomic E-state index is 11.6. The Morgan fingerprint density at radius 1 is 1.29 bits per heavy atom. The molecule has 2 rings (SSSR count). The van der Waals surface area contributed by atoms with Crippen molar-refractivity contribution in [1.82, 2.24) is 9.62 Å². The van der Waals surface area contributed by atoms with Crippen LogP contribution in [0.5, 0.6) is 5.75 Å². The first kappa shape index (κ1) is 15.6. The van der Waals surface area contributed by atoms with Crippen LogP contribution in [0.25, 0.3) is 0 Å². The Morgan fingerprint density at radius 3 is 2.33 bits per heavy atom. The molecule has 0 unspecified atom stereocenters. The van der Waals surface area contributed by atoms with Crippen LogP contribution < -0.4 is 15.2 Å². The zero-order chi connectivity index (χ0) is 15.5. The first-order valence-corrected chi connectivity index (χ1v) is 8.15. The summed E-state index contributed by atoms with van der Waals surface area (Å²) in [6.45, 7) is 1.15. The zero-order valence-electron chi connectivity index (χ0n) is 11.8. The Bertz CT molecular complexity index is 592. The molecule has 0 saturated carbocycles. The number of nitrogens with one attached hydrogen (secondary N) is 1. The van der Waals surface area contributed by atoms with Gasteiger partial charge in [-0.25, -0.2) is 17.9 Å². The molecular weight excluding hydrogens is 294 g/mol. The van der Waals surface area contributed by atoms with Crippen molar-refractivity contribution in [3.8, 4) is 5.75 Å². The Hall–Kier alpha value is -1.80. The zero-order valence-corrected chi connectivity index (χ0v) is 12.6. The minimum atomic E-state index is -3.43. The van der Waals surface area contributed by atoms with Gasteiger partial charge < -0.3 is 15.4 Å². The number of rotatable bonds is 4. The SMILES string of the molecule is CNS(=O)(=O)c1ccc(OC2CCN(C(N)=O)CC2)cc1. The van der Waals surface area contributed by atoms with Crippen molar-refractivity contribution in [2.75, 3.05) is 20.1 Å². The molecule has 0 bridgehead atoms. The Labute approximate surface area is 124 Å². The van der Waals surface area contributed by atoms with E-state index in [9.17, 15) is 13.2 Å². The highest BCUT2D eigenvalue weighted by molar-refractivity contribution is 7.89. The number of amides is 2. The number of sulfonamides is 1. The van der Waals surface area contributed by atoms with Gasteiger partial charge in [-0.2, -0.15) is 0 Å². The van der Waals surface area contributed by atoms with Crippen molar-refractivity contribution in [1.29, 1.82) is 0 Å². The maximum atomic E-state index is 11.6. The van der Waals surface area contributed by atoms with Gasteiger partial charge >= 0.3 is 6.03 Å². The Balaban J connectivity index is 1.94. The summed E-state index contributed by atoms with van der Waals surface area (Å²) in [6.07, 6.45) is 1.42. The lowest BCUT2D eigenvalue weighted by Crippen LogP contribution is -2.44. The molecule has 0 aromatic heterocycles. The van der Waals surface area contributed by atoms with E-state index in [1.807, 2.05) is 0 Å². The lowest BCUT2D eigenvalue weighted by atomic mass is 10.1. The topological polar surface area (TPSA) is 102 Å². The summed E-state index contributed by atoms with van der Waals surface area (Å²) in [6, 6.07) is 5.85. The largest absolute Gasteiger partial charge is 0.490 e. The van der Waals surface area contributed by atoms with E-state index in [2.05, 4.69) is 4.72 Å². The molecule has 1 saturated heterocycles. The van der Waals surface area contributed by atoms with Gasteiger partial charge in [0.1, 0.15) is 11.9 Å². The van der Waals surface area contributed by atoms with Gasteiger partial charge in [0.15, 0.2) is 0 Å². The van der Waals surface area contributed by atoms with Gasteiger partial charge in [-0.15, -0.1) is 0 Å². The van der Waals surface area contributed by atoms with Crippen LogP contribution in [0.15, 0.2) is 29.2 Å². The highest BCUT2D eigenvalue weighted by Crippen LogP contribution is 2.20. The van der Waals surface area contributed by atoms with Crippen molar-refractivity contribution in [2.24, 2.45) is 5.73 Å². The van der Waals surface area contributed by atoms with E-state index in [1.165, 1.54) is 19.2 Å². The maximum Gasteiger partial charge on any atom is 0.314 e. The van der Waals surface area contributed by atoms with E-state index in [0.717, 1.165) is 0 Å². The standard InChI is InChI=1S/C13H19N3O4S/c1-15-21(18,19)12-4-2-10(3-5-12)20-11-6-8-16(9-7-11)13(14)17/h2-5,11,15H,6-9H2,1H3,(H2,14,17). The predicted octanol–water partition coefficient (Wildman–Crippen LogP) is 0.517. The third-order valence-electron chi connectivity index (χ3n) is 3.46. The summed E-state index contributed by atoms with van der Waals surface area (Å²) in [4.78, 5) is 12.8. The number of piperidine rings is 1. The number of nitrogens with zero attached hydrogens (tertiary/aromatic N) is 1. The van der Waals surface area contributed by atoms with Crippen LogP contribution in [0.1, 0.15) is 12.8 Å². The molecule has 0 aliphatic carbocycles. The van der Waals surface area contributed by atoms with E-state index < -0.39 is 16.1 Å². The monoisotopic (exact) mass is 313 g/mol. The van der Waals surface area contributed by atoms with Gasteiger partial charge in [0.2, 0.25) is 10.0 Å². The number of hydrogen-bond donors (Lipinski definition) is 2. The minimum Gasteiger partial charge on any atom is -0.490 e. The summed E-state index contributed by atoms with van der Waals surface area (Å²) in [5, 5.41) is 0. The summed E-state index contributed by atoms with van der Waals surface area (Å²) in [5.74, 6) is 0.613. The molecule has 7 nitrogen and oxygen atoms in total. The van der Waals surface area contributed by atoms with Crippen LogP contribution in [0.2, 0.25) is 0 Å². The number of ether oxygens (including phenoxy) is 1. The first-order valence-electron chi connectivity index (χ1n) is 6.67. The molecule has 1 fully saturated rings. The van der Waals surface area contributed by atoms with Gasteiger partial charge in [0, 0.05) is 25.9 Å². The summed E-state index contributed by atoms with van der Waals surface area (Å²) in [7, 11) is -2.06. The molecule has 1 heterocycles. The molecule has 1 aromatic carbocycles. The first-order chi connectivity index (χ1) is 9.92. The van der Waals surface area contributed by atoms with Gasteiger partial charge in [-0.1, -0.05) is 0 Å². The van der Waals surface area contributed by atoms with E-state index in [1.54, 1.807) is 17.0 Å². The fourth-order valence-corrected chi connectivity index (χ4v) is 2.93. The lowest BCUT2D eigenvalue weighted by Gasteiger charge is -2.31. The molecule has 0 radical (unpaired) electrons. The fraction of sp³-hybridized carbons (Fsp3) is 0.462. The predicted molar refractivity (Wildman–Crippen MR) is 77.5 cm³/mol. The number of primary amides is 1. The smallest absolute Gasteiger partial charge is 0.314 e. The number of benzene rings is 1. The highest BCUT2D eigenvalue weighted by atomic mass is 32.2. The third kappa shape index (κ3) is 3.85. The Morgan fingerprint density at radius 2 is 1.86 bits per heavy atom. The number of urea groups is 1. The Kier molecular flexibility index (Phi) is 4.69. The van der Waals surface area contributed by atoms with E-state index in [4.69, 9.17) is 10.5 Å². The molecule has 116 valence electrons. The van der Waals surface area contributed by atoms with Crippen LogP contribution >= 0.6 is 0 Å². The summed E-state index contributed by atoms with van der Waals surface area (Å²) < 4.78 is 31.2. The molecule has 8 heteroatoms. The molecule has 21 heavy (non-hydrogen) atoms. The van der Waals surface area contributed by atoms with Gasteiger partial charge in [0.25, 0.3) is 0 Å². The quantitative estimate of drug-likeness (QED) is 0.846. The number of carbonyl (C=O) groups excluding carboxylic acids is 1. The van der Waals surface area contributed by atoms with Gasteiger partial charge in [0.05, 0.1) is 4.90 Å². The lowest BCUT2D eigenvalue weighted by molar-refractivity contribution is 0.114. The van der Waals surface area contributed by atoms with Crippen molar-refractivity contribution < 1.29 is 17.9 Å². The van der Waals surface area contributed by atoms with Crippen LogP contribution in [0.3, 0.4) is 0 Å². The van der Waals surface area contributed by atoms with Crippen molar-refractivity contribution >= 4 is 16.1 Å². The van der Waals surface area contributed by atoms with Crippen LogP contribution in [-0.4, -0.2) is 45.6 Å². The van der Waals surface area contributed by atoms with E-state index in [0.29, 0.717) is 31.7 Å². The average molecular weight is 313 g/mol. The van der Waals surface area contributed by atoms with Crippen LogP contribution in [-0.2, 0) is 10.0 Å². The normalized spacial score (nSPS) is 16.7. The van der Waals surface area contributed by atoms with Crippen LogP contribution in [0.4, 0.5) is 4.79 Å². The summed E-state index contributed by atoms with van der Waals surface area (Å²) in [5.41, 5.74) is 5.22. The molecule has 1 aromatic rings. The molecule has 1 aliphatic rings. The molecule has 2 amide bonds. The minimum absolute atomic E-state index is 0.00681. The third-order valence-corrected chi connectivity index (χ3v) is 4.89. The van der Waals surface area contributed by atoms with E-state index >= 15 is 0 Å². The second kappa shape index (κ2) is 6.31. The van der Waals surface area contributed by atoms with Crippen molar-refractivity contribution in [3.05, 3.63) is 24.3 Å².